The summed E-state index contributed by atoms with van der Waals surface area (Å²) in [4.78, 5) is 7.88. The van der Waals surface area contributed by atoms with Crippen molar-refractivity contribution in [2.24, 2.45) is 5.73 Å². The van der Waals surface area contributed by atoms with Gasteiger partial charge in [-0.15, -0.1) is 0 Å². The third kappa shape index (κ3) is 4.08. The first kappa shape index (κ1) is 15.6. The van der Waals surface area contributed by atoms with Gasteiger partial charge in [0.25, 0.3) is 0 Å². The lowest BCUT2D eigenvalue weighted by Gasteiger charge is -2.10. The number of aromatic nitrogens is 2. The van der Waals surface area contributed by atoms with Crippen molar-refractivity contribution in [1.29, 1.82) is 0 Å². The van der Waals surface area contributed by atoms with Crippen molar-refractivity contribution >= 4 is 0 Å². The quantitative estimate of drug-likeness (QED) is 0.778. The number of imidazole rings is 1. The molecule has 21 heavy (non-hydrogen) atoms. The van der Waals surface area contributed by atoms with E-state index in [1.54, 1.807) is 0 Å². The highest BCUT2D eigenvalue weighted by molar-refractivity contribution is 5.59. The number of ether oxygens (including phenoxy) is 1. The summed E-state index contributed by atoms with van der Waals surface area (Å²) >= 11 is 0. The van der Waals surface area contributed by atoms with Crippen LogP contribution in [0.2, 0.25) is 0 Å². The predicted octanol–water partition coefficient (Wildman–Crippen LogP) is 3.71. The van der Waals surface area contributed by atoms with E-state index in [4.69, 9.17) is 10.5 Å². The Balaban J connectivity index is 2.10. The van der Waals surface area contributed by atoms with Crippen molar-refractivity contribution in [3.05, 3.63) is 36.3 Å². The second-order valence-electron chi connectivity index (χ2n) is 5.28. The molecule has 0 amide bonds. The van der Waals surface area contributed by atoms with Gasteiger partial charge >= 0.3 is 0 Å². The number of nitrogens with one attached hydrogen (secondary N) is 1. The molecule has 2 aromatic rings. The molecule has 0 bridgehead atoms. The van der Waals surface area contributed by atoms with Crippen LogP contribution in [0.5, 0.6) is 5.75 Å². The van der Waals surface area contributed by atoms with Gasteiger partial charge in [-0.05, 0) is 42.7 Å². The minimum Gasteiger partial charge on any atom is -0.494 e. The summed E-state index contributed by atoms with van der Waals surface area (Å²) in [7, 11) is 0. The molecule has 1 unspecified atom stereocenters. The monoisotopic (exact) mass is 287 g/mol. The summed E-state index contributed by atoms with van der Waals surface area (Å²) in [5.41, 5.74) is 7.97. The Hall–Kier alpha value is -1.81. The first-order valence-electron chi connectivity index (χ1n) is 7.76. The number of hydrogen-bond donors (Lipinski definition) is 2. The van der Waals surface area contributed by atoms with E-state index in [0.29, 0.717) is 12.5 Å². The Morgan fingerprint density at radius 3 is 2.57 bits per heavy atom. The highest BCUT2D eigenvalue weighted by Gasteiger charge is 2.13. The molecule has 1 atom stereocenters. The Morgan fingerprint density at radius 2 is 1.95 bits per heavy atom. The van der Waals surface area contributed by atoms with Crippen molar-refractivity contribution in [2.75, 3.05) is 13.2 Å². The average molecular weight is 287 g/mol. The number of aromatic amines is 1. The van der Waals surface area contributed by atoms with Crippen LogP contribution in [0.3, 0.4) is 0 Å². The lowest BCUT2D eigenvalue weighted by Crippen LogP contribution is -2.13. The zero-order valence-corrected chi connectivity index (χ0v) is 12.9. The molecule has 2 rings (SSSR count). The number of benzene rings is 1. The molecule has 3 N–H and O–H groups in total. The molecule has 0 saturated carbocycles. The van der Waals surface area contributed by atoms with E-state index in [0.717, 1.165) is 48.7 Å². The number of nitrogens with zero attached hydrogens (tertiary/aromatic N) is 1. The number of rotatable bonds is 8. The molecule has 0 fully saturated rings. The van der Waals surface area contributed by atoms with Gasteiger partial charge in [0.1, 0.15) is 11.6 Å². The molecule has 114 valence electrons. The Kier molecular flexibility index (Phi) is 5.81. The van der Waals surface area contributed by atoms with Gasteiger partial charge in [0.05, 0.1) is 18.5 Å². The third-order valence-corrected chi connectivity index (χ3v) is 3.54. The summed E-state index contributed by atoms with van der Waals surface area (Å²) in [5, 5.41) is 0. The largest absolute Gasteiger partial charge is 0.494 e. The highest BCUT2D eigenvalue weighted by Crippen LogP contribution is 2.24. The van der Waals surface area contributed by atoms with Gasteiger partial charge in [0.2, 0.25) is 0 Å². The van der Waals surface area contributed by atoms with Gasteiger partial charge in [-0.2, -0.15) is 0 Å². The van der Waals surface area contributed by atoms with Crippen LogP contribution in [0.4, 0.5) is 0 Å². The Morgan fingerprint density at radius 1 is 1.19 bits per heavy atom. The van der Waals surface area contributed by atoms with Crippen molar-refractivity contribution in [3.63, 3.8) is 0 Å². The minimum atomic E-state index is 0.316. The molecular formula is C17H25N3O. The Bertz CT molecular complexity index is 533. The maximum atomic E-state index is 5.83. The second kappa shape index (κ2) is 7.84. The van der Waals surface area contributed by atoms with E-state index < -0.39 is 0 Å². The molecular weight excluding hydrogens is 262 g/mol. The van der Waals surface area contributed by atoms with E-state index in [1.165, 1.54) is 0 Å². The SMILES string of the molecule is CCCOc1ccc(-c2cnc(C(CN)CCC)[nH]2)cc1. The fourth-order valence-electron chi connectivity index (χ4n) is 2.36. The van der Waals surface area contributed by atoms with Crippen molar-refractivity contribution in [3.8, 4) is 17.0 Å². The number of hydrogen-bond acceptors (Lipinski definition) is 3. The van der Waals surface area contributed by atoms with Crippen molar-refractivity contribution in [1.82, 2.24) is 9.97 Å². The zero-order valence-electron chi connectivity index (χ0n) is 12.9. The highest BCUT2D eigenvalue weighted by atomic mass is 16.5. The van der Waals surface area contributed by atoms with Gasteiger partial charge in [0, 0.05) is 12.5 Å². The topological polar surface area (TPSA) is 63.9 Å². The molecule has 4 heteroatoms. The third-order valence-electron chi connectivity index (χ3n) is 3.54. The maximum Gasteiger partial charge on any atom is 0.119 e. The summed E-state index contributed by atoms with van der Waals surface area (Å²) in [6.45, 7) is 5.65. The summed E-state index contributed by atoms with van der Waals surface area (Å²) in [6.07, 6.45) is 5.08. The Labute approximate surface area is 126 Å². The van der Waals surface area contributed by atoms with E-state index in [2.05, 4.69) is 35.9 Å². The lowest BCUT2D eigenvalue weighted by molar-refractivity contribution is 0.317. The van der Waals surface area contributed by atoms with Crippen LogP contribution in [0, 0.1) is 0 Å². The van der Waals surface area contributed by atoms with E-state index in [1.807, 2.05) is 18.3 Å². The van der Waals surface area contributed by atoms with Crippen molar-refractivity contribution < 1.29 is 4.74 Å². The normalized spacial score (nSPS) is 12.3. The fraction of sp³-hybridized carbons (Fsp3) is 0.471. The molecule has 0 aliphatic heterocycles. The molecule has 0 aliphatic rings. The predicted molar refractivity (Wildman–Crippen MR) is 86.5 cm³/mol. The molecule has 0 saturated heterocycles. The van der Waals surface area contributed by atoms with Gasteiger partial charge < -0.3 is 15.5 Å². The molecule has 1 aromatic heterocycles. The number of nitrogens with two attached hydrogens (primary N) is 1. The van der Waals surface area contributed by atoms with Gasteiger partial charge in [-0.25, -0.2) is 4.98 Å². The van der Waals surface area contributed by atoms with Crippen LogP contribution in [0.25, 0.3) is 11.3 Å². The average Bonchev–Trinajstić information content (AvgIpc) is 3.00. The van der Waals surface area contributed by atoms with Gasteiger partial charge in [-0.1, -0.05) is 20.3 Å². The summed E-state index contributed by atoms with van der Waals surface area (Å²) < 4.78 is 5.60. The van der Waals surface area contributed by atoms with Crippen LogP contribution >= 0.6 is 0 Å². The standard InChI is InChI=1S/C17H25N3O/c1-3-5-14(11-18)17-19-12-16(20-17)13-6-8-15(9-7-13)21-10-4-2/h6-9,12,14H,3-5,10-11,18H2,1-2H3,(H,19,20). The zero-order chi connectivity index (χ0) is 15.1. The van der Waals surface area contributed by atoms with Gasteiger partial charge in [0.15, 0.2) is 0 Å². The number of H-pyrrole nitrogens is 1. The smallest absolute Gasteiger partial charge is 0.119 e. The first-order chi connectivity index (χ1) is 10.3. The molecule has 0 spiro atoms. The summed E-state index contributed by atoms with van der Waals surface area (Å²) in [6, 6.07) is 8.11. The molecule has 0 radical (unpaired) electrons. The minimum absolute atomic E-state index is 0.316. The molecule has 1 aromatic carbocycles. The van der Waals surface area contributed by atoms with Crippen LogP contribution in [0.1, 0.15) is 44.9 Å². The van der Waals surface area contributed by atoms with E-state index in [9.17, 15) is 0 Å². The molecule has 4 nitrogen and oxygen atoms in total. The lowest BCUT2D eigenvalue weighted by atomic mass is 10.0. The van der Waals surface area contributed by atoms with E-state index >= 15 is 0 Å². The van der Waals surface area contributed by atoms with Crippen LogP contribution in [0.15, 0.2) is 30.5 Å². The van der Waals surface area contributed by atoms with Crippen LogP contribution in [-0.2, 0) is 0 Å². The van der Waals surface area contributed by atoms with E-state index in [-0.39, 0.29) is 0 Å². The van der Waals surface area contributed by atoms with Crippen LogP contribution < -0.4 is 10.5 Å². The second-order valence-corrected chi connectivity index (χ2v) is 5.28. The van der Waals surface area contributed by atoms with Crippen LogP contribution in [-0.4, -0.2) is 23.1 Å². The summed E-state index contributed by atoms with van der Waals surface area (Å²) in [5.74, 6) is 2.21. The van der Waals surface area contributed by atoms with Crippen molar-refractivity contribution in [2.45, 2.75) is 39.0 Å². The molecule has 1 heterocycles. The fourth-order valence-corrected chi connectivity index (χ4v) is 2.36. The first-order valence-corrected chi connectivity index (χ1v) is 7.76. The maximum absolute atomic E-state index is 5.83. The molecule has 0 aliphatic carbocycles. The van der Waals surface area contributed by atoms with Gasteiger partial charge in [-0.3, -0.25) is 0 Å².